The van der Waals surface area contributed by atoms with Crippen molar-refractivity contribution in [3.05, 3.63) is 29.1 Å². The first-order chi connectivity index (χ1) is 27.1. The molecule has 326 valence electrons. The Balaban J connectivity index is 1.18. The van der Waals surface area contributed by atoms with E-state index in [0.29, 0.717) is 0 Å². The number of nitrogens with one attached hydrogen (secondary N) is 3. The summed E-state index contributed by atoms with van der Waals surface area (Å²) in [4.78, 5) is 61.9. The Morgan fingerprint density at radius 1 is 0.690 bits per heavy atom. The van der Waals surface area contributed by atoms with Crippen molar-refractivity contribution in [1.29, 1.82) is 0 Å². The van der Waals surface area contributed by atoms with Crippen LogP contribution in [-0.2, 0) is 66.7 Å². The topological polar surface area (TPSA) is 232 Å². The molecule has 0 saturated carbocycles. The maximum absolute atomic E-state index is 14.0. The number of carbonyl (C=O) groups excluding carboxylic acids is 4. The van der Waals surface area contributed by atoms with Crippen molar-refractivity contribution in [1.82, 2.24) is 16.3 Å². The van der Waals surface area contributed by atoms with E-state index in [2.05, 4.69) is 15.5 Å². The fourth-order valence-electron chi connectivity index (χ4n) is 6.64. The molecule has 4 saturated heterocycles. The first-order valence-electron chi connectivity index (χ1n) is 17.8. The number of methoxy groups -OCH3 is 2. The lowest BCUT2D eigenvalue weighted by Crippen LogP contribution is -2.54. The van der Waals surface area contributed by atoms with Gasteiger partial charge in [0.25, 0.3) is 5.91 Å². The SMILES string of the molecule is CO[C@@H]1[C@H]2OC(C)(C)O[C@H]2O[C@@H]1[C@H](CC(=O)NO[C@H](C)C(=O)Oc1c(F)c(F)c(F)c(F)c1F)NC(=O)[C@@H](C)ONC(=O)C[C@H](N)[C@H]1O[C@@H]2OC(C)(C)O[C@@H]2[C@H]1OC. The number of hydrogen-bond acceptors (Lipinski definition) is 16. The van der Waals surface area contributed by atoms with Gasteiger partial charge < -0.3 is 53.7 Å². The predicted octanol–water partition coefficient (Wildman–Crippen LogP) is 0.535. The van der Waals surface area contributed by atoms with E-state index < -0.39 is 150 Å². The number of benzene rings is 1. The van der Waals surface area contributed by atoms with Crippen LogP contribution in [0, 0.1) is 29.1 Å². The molecule has 4 aliphatic heterocycles. The van der Waals surface area contributed by atoms with Gasteiger partial charge in [-0.05, 0) is 41.5 Å². The number of fused-ring (bicyclic) bond motifs is 2. The monoisotopic (exact) mass is 844 g/mol. The third-order valence-corrected chi connectivity index (χ3v) is 9.34. The zero-order chi connectivity index (χ0) is 43.0. The molecular weight excluding hydrogens is 799 g/mol. The Hall–Kier alpha value is -3.69. The van der Waals surface area contributed by atoms with Crippen LogP contribution in [0.25, 0.3) is 0 Å². The number of halogens is 5. The summed E-state index contributed by atoms with van der Waals surface area (Å²) in [5, 5.41) is 2.57. The van der Waals surface area contributed by atoms with Crippen molar-refractivity contribution in [3.63, 3.8) is 0 Å². The fourth-order valence-corrected chi connectivity index (χ4v) is 6.64. The average molecular weight is 845 g/mol. The number of hydrogen-bond donors (Lipinski definition) is 4. The molecule has 4 aliphatic rings. The molecule has 1 aromatic carbocycles. The number of rotatable bonds is 16. The Kier molecular flexibility index (Phi) is 14.0. The molecule has 0 spiro atoms. The van der Waals surface area contributed by atoms with E-state index in [1.807, 2.05) is 5.48 Å². The molecule has 1 aromatic rings. The summed E-state index contributed by atoms with van der Waals surface area (Å²) in [6.07, 6.45) is -11.0. The molecule has 0 bridgehead atoms. The molecule has 4 heterocycles. The number of ether oxygens (including phenoxy) is 9. The highest BCUT2D eigenvalue weighted by Gasteiger charge is 2.58. The minimum atomic E-state index is -2.47. The second-order valence-electron chi connectivity index (χ2n) is 14.6. The number of amides is 3. The van der Waals surface area contributed by atoms with Gasteiger partial charge in [-0.1, -0.05) is 0 Å². The fraction of sp³-hybridized carbons (Fsp3) is 0.706. The van der Waals surface area contributed by atoms with E-state index >= 15 is 0 Å². The molecule has 58 heavy (non-hydrogen) atoms. The molecule has 19 nitrogen and oxygen atoms in total. The highest BCUT2D eigenvalue weighted by molar-refractivity contribution is 5.83. The minimum Gasteiger partial charge on any atom is -0.418 e. The van der Waals surface area contributed by atoms with E-state index in [4.69, 9.17) is 53.3 Å². The molecule has 0 aromatic heterocycles. The molecule has 4 fully saturated rings. The van der Waals surface area contributed by atoms with Gasteiger partial charge in [-0.25, -0.2) is 28.9 Å². The van der Waals surface area contributed by atoms with Crippen molar-refractivity contribution >= 4 is 23.7 Å². The van der Waals surface area contributed by atoms with Crippen LogP contribution in [0.3, 0.4) is 0 Å². The second-order valence-corrected chi connectivity index (χ2v) is 14.6. The van der Waals surface area contributed by atoms with Crippen molar-refractivity contribution in [3.8, 4) is 5.75 Å². The lowest BCUT2D eigenvalue weighted by atomic mass is 10.00. The molecule has 3 amide bonds. The highest BCUT2D eigenvalue weighted by Crippen LogP contribution is 2.41. The van der Waals surface area contributed by atoms with Crippen LogP contribution in [0.15, 0.2) is 0 Å². The number of carbonyl (C=O) groups is 4. The summed E-state index contributed by atoms with van der Waals surface area (Å²) in [5.74, 6) is -20.2. The number of nitrogens with two attached hydrogens (primary N) is 1. The van der Waals surface area contributed by atoms with Crippen LogP contribution in [0.5, 0.6) is 5.75 Å². The van der Waals surface area contributed by atoms with Gasteiger partial charge in [-0.3, -0.25) is 24.1 Å². The standard InChI is InChI=1S/C34H45F5N4O15/c1-11(57-42-15(44)9-13(40)22-25(48-7)27-31(51-22)55-33(3,4)53-27)29(46)41-14(23-26(49-8)28-32(52-23)56-34(5,6)54-28)10-16(45)43-58-12(2)30(47)50-24-20(38)18(36)17(35)19(37)21(24)39/h11-14,22-23,25-28,31-32H,9-10,40H2,1-8H3,(H,41,46)(H,42,44)(H,43,45)/t11-,12-,13+,14+,22-,23-,25+,26+,27-,28-,31-,32-/m1/s1. The third-order valence-electron chi connectivity index (χ3n) is 9.34. The lowest BCUT2D eigenvalue weighted by Gasteiger charge is -2.31. The zero-order valence-electron chi connectivity index (χ0n) is 32.4. The van der Waals surface area contributed by atoms with Crippen LogP contribution in [-0.4, -0.2) is 123 Å². The summed E-state index contributed by atoms with van der Waals surface area (Å²) in [6, 6.07) is -2.20. The minimum absolute atomic E-state index is 0.331. The van der Waals surface area contributed by atoms with Crippen LogP contribution in [0.2, 0.25) is 0 Å². The summed E-state index contributed by atoms with van der Waals surface area (Å²) in [7, 11) is 2.76. The number of hydroxylamine groups is 2. The lowest BCUT2D eigenvalue weighted by molar-refractivity contribution is -0.220. The van der Waals surface area contributed by atoms with Crippen molar-refractivity contribution in [2.75, 3.05) is 14.2 Å². The van der Waals surface area contributed by atoms with Gasteiger partial charge in [0.2, 0.25) is 46.6 Å². The molecule has 12 atom stereocenters. The Labute approximate surface area is 327 Å². The van der Waals surface area contributed by atoms with Gasteiger partial charge in [0.15, 0.2) is 36.4 Å². The van der Waals surface area contributed by atoms with Crippen molar-refractivity contribution < 1.29 is 93.4 Å². The maximum atomic E-state index is 14.0. The van der Waals surface area contributed by atoms with Crippen LogP contribution >= 0.6 is 0 Å². The van der Waals surface area contributed by atoms with Crippen molar-refractivity contribution in [2.24, 2.45) is 5.73 Å². The first kappa shape index (κ1) is 45.4. The summed E-state index contributed by atoms with van der Waals surface area (Å²) in [6.45, 7) is 8.89. The second kappa shape index (κ2) is 17.9. The third kappa shape index (κ3) is 9.84. The maximum Gasteiger partial charge on any atom is 0.343 e. The van der Waals surface area contributed by atoms with E-state index in [9.17, 15) is 41.1 Å². The highest BCUT2D eigenvalue weighted by atomic mass is 19.2. The Morgan fingerprint density at radius 2 is 1.14 bits per heavy atom. The van der Waals surface area contributed by atoms with E-state index in [1.54, 1.807) is 27.7 Å². The Morgan fingerprint density at radius 3 is 1.66 bits per heavy atom. The van der Waals surface area contributed by atoms with E-state index in [1.165, 1.54) is 21.1 Å². The molecular formula is C34H45F5N4O15. The molecule has 0 aliphatic carbocycles. The van der Waals surface area contributed by atoms with Crippen LogP contribution < -0.4 is 26.7 Å². The number of esters is 1. The van der Waals surface area contributed by atoms with Crippen molar-refractivity contribution in [2.45, 2.75) is 139 Å². The van der Waals surface area contributed by atoms with Gasteiger partial charge in [-0.15, -0.1) is 0 Å². The Bertz CT molecular complexity index is 1700. The molecule has 0 unspecified atom stereocenters. The zero-order valence-corrected chi connectivity index (χ0v) is 32.4. The van der Waals surface area contributed by atoms with Gasteiger partial charge in [0.1, 0.15) is 36.6 Å². The normalized spacial score (nSPS) is 30.2. The molecule has 24 heteroatoms. The molecule has 5 N–H and O–H groups in total. The molecule has 0 radical (unpaired) electrons. The van der Waals surface area contributed by atoms with Gasteiger partial charge in [-0.2, -0.15) is 8.78 Å². The quantitative estimate of drug-likeness (QED) is 0.0444. The predicted molar refractivity (Wildman–Crippen MR) is 177 cm³/mol. The van der Waals surface area contributed by atoms with Gasteiger partial charge in [0, 0.05) is 26.7 Å². The van der Waals surface area contributed by atoms with Crippen LogP contribution in [0.4, 0.5) is 22.0 Å². The first-order valence-corrected chi connectivity index (χ1v) is 17.8. The molecule has 5 rings (SSSR count). The van der Waals surface area contributed by atoms with Gasteiger partial charge >= 0.3 is 5.97 Å². The summed E-state index contributed by atoms with van der Waals surface area (Å²) in [5.41, 5.74) is 10.3. The van der Waals surface area contributed by atoms with Crippen LogP contribution in [0.1, 0.15) is 54.4 Å². The summed E-state index contributed by atoms with van der Waals surface area (Å²) < 4.78 is 119. The van der Waals surface area contributed by atoms with Gasteiger partial charge in [0.05, 0.1) is 12.5 Å². The van der Waals surface area contributed by atoms with E-state index in [-0.39, 0.29) is 6.42 Å². The average Bonchev–Trinajstić information content (AvgIpc) is 3.85. The van der Waals surface area contributed by atoms with E-state index in [0.717, 1.165) is 6.92 Å². The largest absolute Gasteiger partial charge is 0.418 e. The summed E-state index contributed by atoms with van der Waals surface area (Å²) >= 11 is 0. The smallest absolute Gasteiger partial charge is 0.343 e.